The summed E-state index contributed by atoms with van der Waals surface area (Å²) in [5, 5.41) is 2.93. The first-order valence-corrected chi connectivity index (χ1v) is 13.5. The quantitative estimate of drug-likeness (QED) is 0.207. The zero-order valence-corrected chi connectivity index (χ0v) is 22.6. The van der Waals surface area contributed by atoms with E-state index in [-0.39, 0.29) is 5.91 Å². The number of halogens is 4. The number of alkyl halides is 3. The van der Waals surface area contributed by atoms with Crippen LogP contribution in [0, 0.1) is 0 Å². The van der Waals surface area contributed by atoms with Crippen LogP contribution in [-0.2, 0) is 12.6 Å². The molecule has 3 aromatic carbocycles. The Morgan fingerprint density at radius 3 is 2.30 bits per heavy atom. The number of unbranched alkanes of at least 4 members (excludes halogenated alkanes) is 5. The fraction of sp³-hybridized carbons (Fsp3) is 0.367. The molecule has 0 radical (unpaired) electrons. The fourth-order valence-corrected chi connectivity index (χ4v) is 4.78. The Hall–Kier alpha value is -2.80. The van der Waals surface area contributed by atoms with Crippen LogP contribution in [-0.4, -0.2) is 19.1 Å². The molecule has 198 valence electrons. The third-order valence-corrected chi connectivity index (χ3v) is 6.71. The Labute approximate surface area is 225 Å². The lowest BCUT2D eigenvalue weighted by Gasteiger charge is -2.16. The van der Waals surface area contributed by atoms with E-state index in [0.29, 0.717) is 40.1 Å². The summed E-state index contributed by atoms with van der Waals surface area (Å²) in [7, 11) is 0. The summed E-state index contributed by atoms with van der Waals surface area (Å²) in [6.07, 6.45) is 3.23. The van der Waals surface area contributed by atoms with Crippen LogP contribution in [0.15, 0.2) is 71.2 Å². The Morgan fingerprint density at radius 2 is 1.59 bits per heavy atom. The summed E-state index contributed by atoms with van der Waals surface area (Å²) in [4.78, 5) is 12.8. The highest BCUT2D eigenvalue weighted by molar-refractivity contribution is 9.10. The van der Waals surface area contributed by atoms with Crippen molar-refractivity contribution in [1.82, 2.24) is 5.32 Å². The number of hydrogen-bond acceptors (Lipinski definition) is 2. The second-order valence-corrected chi connectivity index (χ2v) is 9.81. The lowest BCUT2D eigenvalue weighted by molar-refractivity contribution is -0.137. The molecule has 0 bridgehead atoms. The summed E-state index contributed by atoms with van der Waals surface area (Å²) >= 11 is 3.43. The smallest absolute Gasteiger partial charge is 0.416 e. The minimum absolute atomic E-state index is 0.264. The Morgan fingerprint density at radius 1 is 0.892 bits per heavy atom. The van der Waals surface area contributed by atoms with Gasteiger partial charge < -0.3 is 10.1 Å². The highest BCUT2D eigenvalue weighted by Crippen LogP contribution is 2.40. The molecule has 3 rings (SSSR count). The maximum atomic E-state index is 13.3. The minimum atomic E-state index is -4.46. The van der Waals surface area contributed by atoms with Gasteiger partial charge in [-0.25, -0.2) is 0 Å². The largest absolute Gasteiger partial charge is 0.492 e. The Balaban J connectivity index is 1.53. The first-order valence-electron chi connectivity index (χ1n) is 12.8. The van der Waals surface area contributed by atoms with Gasteiger partial charge in [0.15, 0.2) is 0 Å². The van der Waals surface area contributed by atoms with Gasteiger partial charge in [-0.1, -0.05) is 68.1 Å². The summed E-state index contributed by atoms with van der Waals surface area (Å²) < 4.78 is 46.0. The van der Waals surface area contributed by atoms with Crippen molar-refractivity contribution >= 4 is 21.8 Å². The molecule has 3 aromatic rings. The number of amides is 1. The lowest BCUT2D eigenvalue weighted by Crippen LogP contribution is -2.24. The number of benzene rings is 3. The molecule has 3 nitrogen and oxygen atoms in total. The van der Waals surface area contributed by atoms with Gasteiger partial charge in [-0.2, -0.15) is 13.2 Å². The highest BCUT2D eigenvalue weighted by atomic mass is 79.9. The molecule has 0 saturated heterocycles. The standard InChI is InChI=1S/C30H33BrF3NO2/c1-2-37-28-26(23-16-12-17-25(19-23)30(32,33)34)20-24(21-27(28)31)29(36)35-18-11-6-4-3-5-8-13-22-14-9-7-10-15-22/h7,9-10,12,14-17,19-21H,2-6,8,11,13,18H2,1H3,(H,35,36). The van der Waals surface area contributed by atoms with Gasteiger partial charge >= 0.3 is 6.18 Å². The Kier molecular flexibility index (Phi) is 11.1. The molecule has 1 N–H and O–H groups in total. The molecule has 0 aromatic heterocycles. The van der Waals surface area contributed by atoms with Crippen molar-refractivity contribution < 1.29 is 22.7 Å². The van der Waals surface area contributed by atoms with Gasteiger partial charge in [0.1, 0.15) is 5.75 Å². The zero-order chi connectivity index (χ0) is 26.7. The van der Waals surface area contributed by atoms with Crippen LogP contribution in [0.3, 0.4) is 0 Å². The molecule has 0 aliphatic carbocycles. The van der Waals surface area contributed by atoms with Gasteiger partial charge in [0.25, 0.3) is 5.91 Å². The summed E-state index contributed by atoms with van der Waals surface area (Å²) in [6, 6.07) is 18.8. The molecule has 0 aliphatic heterocycles. The second-order valence-electron chi connectivity index (χ2n) is 8.96. The number of hydrogen-bond donors (Lipinski definition) is 1. The first kappa shape index (κ1) is 28.8. The number of nitrogens with one attached hydrogen (secondary N) is 1. The van der Waals surface area contributed by atoms with Gasteiger partial charge in [0.05, 0.1) is 16.6 Å². The second kappa shape index (κ2) is 14.2. The molecule has 0 saturated carbocycles. The van der Waals surface area contributed by atoms with Crippen molar-refractivity contribution in [3.63, 3.8) is 0 Å². The lowest BCUT2D eigenvalue weighted by atomic mass is 9.99. The van der Waals surface area contributed by atoms with Crippen LogP contribution < -0.4 is 10.1 Å². The molecule has 37 heavy (non-hydrogen) atoms. The van der Waals surface area contributed by atoms with Gasteiger partial charge in [-0.3, -0.25) is 4.79 Å². The first-order chi connectivity index (χ1) is 17.8. The topological polar surface area (TPSA) is 38.3 Å². The van der Waals surface area contributed by atoms with Crippen LogP contribution in [0.4, 0.5) is 13.2 Å². The van der Waals surface area contributed by atoms with E-state index in [4.69, 9.17) is 4.74 Å². The van der Waals surface area contributed by atoms with Crippen LogP contribution in [0.25, 0.3) is 11.1 Å². The van der Waals surface area contributed by atoms with E-state index in [2.05, 4.69) is 45.5 Å². The van der Waals surface area contributed by atoms with Gasteiger partial charge in [-0.15, -0.1) is 0 Å². The van der Waals surface area contributed by atoms with Crippen LogP contribution in [0.5, 0.6) is 5.75 Å². The fourth-order valence-electron chi connectivity index (χ4n) is 4.20. The minimum Gasteiger partial charge on any atom is -0.492 e. The van der Waals surface area contributed by atoms with Gasteiger partial charge in [-0.05, 0) is 77.5 Å². The maximum Gasteiger partial charge on any atom is 0.416 e. The molecule has 0 fully saturated rings. The van der Waals surface area contributed by atoms with E-state index in [0.717, 1.165) is 37.8 Å². The predicted octanol–water partition coefficient (Wildman–Crippen LogP) is 8.85. The van der Waals surface area contributed by atoms with Crippen molar-refractivity contribution in [1.29, 1.82) is 0 Å². The Bertz CT molecular complexity index is 1150. The number of aryl methyl sites for hydroxylation is 1. The maximum absolute atomic E-state index is 13.3. The van der Waals surface area contributed by atoms with E-state index >= 15 is 0 Å². The molecule has 7 heteroatoms. The van der Waals surface area contributed by atoms with E-state index in [1.807, 2.05) is 6.07 Å². The van der Waals surface area contributed by atoms with Gasteiger partial charge in [0.2, 0.25) is 0 Å². The number of ether oxygens (including phenoxy) is 1. The van der Waals surface area contributed by atoms with Gasteiger partial charge in [0, 0.05) is 17.7 Å². The third kappa shape index (κ3) is 8.92. The van der Waals surface area contributed by atoms with Crippen molar-refractivity contribution in [3.05, 3.63) is 87.9 Å². The molecule has 0 aliphatic rings. The molecule has 0 unspecified atom stereocenters. The predicted molar refractivity (Wildman–Crippen MR) is 146 cm³/mol. The van der Waals surface area contributed by atoms with E-state index in [1.54, 1.807) is 25.1 Å². The number of carbonyl (C=O) groups excluding carboxylic acids is 1. The van der Waals surface area contributed by atoms with Crippen LogP contribution >= 0.6 is 15.9 Å². The van der Waals surface area contributed by atoms with Crippen molar-refractivity contribution in [2.75, 3.05) is 13.2 Å². The summed E-state index contributed by atoms with van der Waals surface area (Å²) in [5.41, 5.74) is 1.76. The zero-order valence-electron chi connectivity index (χ0n) is 21.0. The molecule has 1 amide bonds. The van der Waals surface area contributed by atoms with E-state index in [1.165, 1.54) is 30.9 Å². The molecular formula is C30H33BrF3NO2. The SMILES string of the molecule is CCOc1c(Br)cc(C(=O)NCCCCCCCCc2ccccc2)cc1-c1cccc(C(F)(F)F)c1. The normalized spacial score (nSPS) is 11.4. The highest BCUT2D eigenvalue weighted by Gasteiger charge is 2.31. The number of carbonyl (C=O) groups is 1. The van der Waals surface area contributed by atoms with Crippen molar-refractivity contribution in [2.45, 2.75) is 58.0 Å². The average molecular weight is 576 g/mol. The third-order valence-electron chi connectivity index (χ3n) is 6.12. The van der Waals surface area contributed by atoms with Crippen LogP contribution in [0.1, 0.15) is 66.9 Å². The summed E-state index contributed by atoms with van der Waals surface area (Å²) in [6.45, 7) is 2.68. The molecule has 0 spiro atoms. The monoisotopic (exact) mass is 575 g/mol. The number of rotatable bonds is 13. The van der Waals surface area contributed by atoms with E-state index in [9.17, 15) is 18.0 Å². The molecule has 0 heterocycles. The summed E-state index contributed by atoms with van der Waals surface area (Å²) in [5.74, 6) is 0.144. The molecule has 0 atom stereocenters. The average Bonchev–Trinajstić information content (AvgIpc) is 2.89. The molecular weight excluding hydrogens is 543 g/mol. The van der Waals surface area contributed by atoms with E-state index < -0.39 is 11.7 Å². The van der Waals surface area contributed by atoms with Crippen molar-refractivity contribution in [3.8, 4) is 16.9 Å². The van der Waals surface area contributed by atoms with Crippen molar-refractivity contribution in [2.24, 2.45) is 0 Å². The van der Waals surface area contributed by atoms with Crippen LogP contribution in [0.2, 0.25) is 0 Å².